The minimum atomic E-state index is -1.16. The fourth-order valence-electron chi connectivity index (χ4n) is 3.53. The van der Waals surface area contributed by atoms with Gasteiger partial charge in [0.25, 0.3) is 0 Å². The number of amides is 2. The molecule has 1 saturated heterocycles. The quantitative estimate of drug-likeness (QED) is 0.656. The molecule has 2 aromatic rings. The summed E-state index contributed by atoms with van der Waals surface area (Å²) in [6.45, 7) is 6.24. The van der Waals surface area contributed by atoms with Crippen LogP contribution in [-0.4, -0.2) is 42.8 Å². The predicted molar refractivity (Wildman–Crippen MR) is 117 cm³/mol. The number of carbonyl (C=O) groups excluding carboxylic acids is 1. The first-order valence-electron chi connectivity index (χ1n) is 10.8. The van der Waals surface area contributed by atoms with E-state index in [9.17, 15) is 13.6 Å². The van der Waals surface area contributed by atoms with Gasteiger partial charge in [-0.3, -0.25) is 0 Å². The third-order valence-electron chi connectivity index (χ3n) is 5.25. The molecule has 0 saturated carbocycles. The average Bonchev–Trinajstić information content (AvgIpc) is 2.77. The van der Waals surface area contributed by atoms with Crippen LogP contribution in [-0.2, 0) is 13.1 Å². The van der Waals surface area contributed by atoms with Gasteiger partial charge in [0.2, 0.25) is 0 Å². The molecule has 0 spiro atoms. The van der Waals surface area contributed by atoms with Gasteiger partial charge < -0.3 is 20.3 Å². The second-order valence-electron chi connectivity index (χ2n) is 8.34. The van der Waals surface area contributed by atoms with Crippen molar-refractivity contribution in [1.29, 1.82) is 0 Å². The van der Waals surface area contributed by atoms with Gasteiger partial charge in [-0.25, -0.2) is 13.6 Å². The molecule has 1 heterocycles. The number of nitrogens with zero attached hydrogens (tertiary/aromatic N) is 1. The molecule has 3 rings (SSSR count). The zero-order chi connectivity index (χ0) is 22.2. The molecular formula is C24H31F2N3O2. The maximum atomic E-state index is 14.6. The molecule has 0 aliphatic carbocycles. The van der Waals surface area contributed by atoms with E-state index in [0.717, 1.165) is 16.9 Å². The fraction of sp³-hybridized carbons (Fsp3) is 0.458. The van der Waals surface area contributed by atoms with Crippen LogP contribution in [0, 0.1) is 11.7 Å². The summed E-state index contributed by atoms with van der Waals surface area (Å²) in [5, 5.41) is 5.92. The van der Waals surface area contributed by atoms with Gasteiger partial charge in [-0.05, 0) is 54.3 Å². The molecule has 168 valence electrons. The lowest BCUT2D eigenvalue weighted by Gasteiger charge is -2.37. The molecular weight excluding hydrogens is 400 g/mol. The van der Waals surface area contributed by atoms with Gasteiger partial charge in [0.15, 0.2) is 0 Å². The molecule has 0 aromatic heterocycles. The van der Waals surface area contributed by atoms with E-state index in [2.05, 4.69) is 24.5 Å². The Labute approximate surface area is 182 Å². The van der Waals surface area contributed by atoms with Crippen molar-refractivity contribution in [2.75, 3.05) is 19.7 Å². The van der Waals surface area contributed by atoms with Crippen molar-refractivity contribution >= 4 is 6.03 Å². The summed E-state index contributed by atoms with van der Waals surface area (Å²) in [7, 11) is 0. The number of benzene rings is 2. The molecule has 1 fully saturated rings. The second kappa shape index (κ2) is 11.1. The Bertz CT molecular complexity index is 828. The zero-order valence-corrected chi connectivity index (χ0v) is 18.1. The van der Waals surface area contributed by atoms with Crippen LogP contribution >= 0.6 is 0 Å². The first-order chi connectivity index (χ1) is 14.9. The van der Waals surface area contributed by atoms with Crippen LogP contribution in [0.15, 0.2) is 48.5 Å². The topological polar surface area (TPSA) is 53.6 Å². The Kier molecular flexibility index (Phi) is 8.23. The number of urea groups is 1. The molecule has 2 N–H and O–H groups in total. The number of hydrogen-bond acceptors (Lipinski definition) is 3. The molecule has 5 nitrogen and oxygen atoms in total. The van der Waals surface area contributed by atoms with Crippen molar-refractivity contribution in [3.8, 4) is 5.75 Å². The normalized spacial score (nSPS) is 18.6. The van der Waals surface area contributed by atoms with Gasteiger partial charge in [0, 0.05) is 19.6 Å². The fourth-order valence-corrected chi connectivity index (χ4v) is 3.53. The minimum Gasteiger partial charge on any atom is -0.493 e. The van der Waals surface area contributed by atoms with Crippen molar-refractivity contribution in [2.24, 2.45) is 5.92 Å². The molecule has 0 bridgehead atoms. The highest BCUT2D eigenvalue weighted by Crippen LogP contribution is 2.19. The summed E-state index contributed by atoms with van der Waals surface area (Å²) in [5.41, 5.74) is 1.68. The number of ether oxygens (including phenoxy) is 1. The zero-order valence-electron chi connectivity index (χ0n) is 18.1. The number of nitrogens with one attached hydrogen (secondary N) is 2. The average molecular weight is 432 g/mol. The Hall–Kier alpha value is -2.67. The first-order valence-corrected chi connectivity index (χ1v) is 10.8. The van der Waals surface area contributed by atoms with Crippen LogP contribution in [0.25, 0.3) is 0 Å². The van der Waals surface area contributed by atoms with Gasteiger partial charge in [-0.15, -0.1) is 0 Å². The Morgan fingerprint density at radius 3 is 2.48 bits per heavy atom. The highest BCUT2D eigenvalue weighted by molar-refractivity contribution is 5.74. The lowest BCUT2D eigenvalue weighted by Crippen LogP contribution is -2.55. The Morgan fingerprint density at radius 1 is 1.16 bits per heavy atom. The maximum Gasteiger partial charge on any atom is 0.318 e. The molecule has 0 radical (unpaired) electrons. The molecule has 1 aliphatic rings. The summed E-state index contributed by atoms with van der Waals surface area (Å²) >= 11 is 0. The monoisotopic (exact) mass is 431 g/mol. The van der Waals surface area contributed by atoms with E-state index < -0.39 is 12.2 Å². The highest BCUT2D eigenvalue weighted by Gasteiger charge is 2.33. The number of alkyl halides is 1. The highest BCUT2D eigenvalue weighted by atomic mass is 19.1. The van der Waals surface area contributed by atoms with Crippen LogP contribution < -0.4 is 15.4 Å². The van der Waals surface area contributed by atoms with Gasteiger partial charge in [0.1, 0.15) is 17.7 Å². The summed E-state index contributed by atoms with van der Waals surface area (Å²) in [4.78, 5) is 14.5. The predicted octanol–water partition coefficient (Wildman–Crippen LogP) is 4.27. The summed E-state index contributed by atoms with van der Waals surface area (Å²) in [6, 6.07) is 12.7. The third kappa shape index (κ3) is 6.92. The van der Waals surface area contributed by atoms with E-state index in [1.807, 2.05) is 24.3 Å². The van der Waals surface area contributed by atoms with E-state index in [1.165, 1.54) is 17.0 Å². The third-order valence-corrected chi connectivity index (χ3v) is 5.25. The van der Waals surface area contributed by atoms with E-state index in [-0.39, 0.29) is 24.9 Å². The lowest BCUT2D eigenvalue weighted by molar-refractivity contribution is 0.0971. The van der Waals surface area contributed by atoms with Crippen molar-refractivity contribution in [3.63, 3.8) is 0 Å². The van der Waals surface area contributed by atoms with Crippen molar-refractivity contribution in [1.82, 2.24) is 15.5 Å². The standard InChI is InChI=1S/C24H31F2N3O2/c1-17(2)16-31-21-9-5-18(6-10-21)13-28-24(30)29(23-11-12-27-14-22(23)26)15-19-3-7-20(25)8-4-19/h3-10,17,22-23,27H,11-16H2,1-2H3,(H,28,30). The molecule has 2 unspecified atom stereocenters. The van der Waals surface area contributed by atoms with Crippen LogP contribution in [0.1, 0.15) is 31.4 Å². The SMILES string of the molecule is CC(C)COc1ccc(CNC(=O)N(Cc2ccc(F)cc2)C2CCNCC2F)cc1. The Balaban J connectivity index is 1.64. The number of rotatable bonds is 8. The molecule has 2 atom stereocenters. The molecule has 31 heavy (non-hydrogen) atoms. The van der Waals surface area contributed by atoms with Crippen LogP contribution in [0.2, 0.25) is 0 Å². The smallest absolute Gasteiger partial charge is 0.318 e. The van der Waals surface area contributed by atoms with E-state index in [1.54, 1.807) is 12.1 Å². The van der Waals surface area contributed by atoms with E-state index in [4.69, 9.17) is 4.74 Å². The number of piperidine rings is 1. The maximum absolute atomic E-state index is 14.6. The molecule has 2 amide bonds. The van der Waals surface area contributed by atoms with E-state index >= 15 is 0 Å². The van der Waals surface area contributed by atoms with Gasteiger partial charge in [-0.2, -0.15) is 0 Å². The largest absolute Gasteiger partial charge is 0.493 e. The minimum absolute atomic E-state index is 0.218. The van der Waals surface area contributed by atoms with Crippen molar-refractivity contribution < 1.29 is 18.3 Å². The lowest BCUT2D eigenvalue weighted by atomic mass is 10.0. The van der Waals surface area contributed by atoms with Crippen LogP contribution in [0.3, 0.4) is 0 Å². The van der Waals surface area contributed by atoms with Gasteiger partial charge in [-0.1, -0.05) is 38.1 Å². The van der Waals surface area contributed by atoms with Crippen molar-refractivity contribution in [3.05, 3.63) is 65.5 Å². The Morgan fingerprint density at radius 2 is 1.84 bits per heavy atom. The van der Waals surface area contributed by atoms with Crippen molar-refractivity contribution in [2.45, 2.75) is 45.6 Å². The van der Waals surface area contributed by atoms with E-state index in [0.29, 0.717) is 32.0 Å². The molecule has 2 aromatic carbocycles. The summed E-state index contributed by atoms with van der Waals surface area (Å²) in [6.07, 6.45) is -0.630. The number of carbonyl (C=O) groups is 1. The summed E-state index contributed by atoms with van der Waals surface area (Å²) < 4.78 is 33.5. The summed E-state index contributed by atoms with van der Waals surface area (Å²) in [5.74, 6) is 0.892. The van der Waals surface area contributed by atoms with Gasteiger partial charge in [0.05, 0.1) is 12.6 Å². The second-order valence-corrected chi connectivity index (χ2v) is 8.34. The number of halogens is 2. The van der Waals surface area contributed by atoms with Crippen LogP contribution in [0.5, 0.6) is 5.75 Å². The first kappa shape index (κ1) is 23.0. The molecule has 1 aliphatic heterocycles. The number of hydrogen-bond donors (Lipinski definition) is 2. The molecule has 7 heteroatoms. The van der Waals surface area contributed by atoms with Crippen LogP contribution in [0.4, 0.5) is 13.6 Å². The van der Waals surface area contributed by atoms with Gasteiger partial charge >= 0.3 is 6.03 Å².